The number of methoxy groups -OCH3 is 1. The number of nitrogens with zero attached hydrogens (tertiary/aromatic N) is 5. The van der Waals surface area contributed by atoms with E-state index in [9.17, 15) is 8.42 Å². The minimum Gasteiger partial charge on any atom is -0.497 e. The second-order valence-electron chi connectivity index (χ2n) is 4.34. The number of hydrogen-bond donors (Lipinski definition) is 0. The standard InChI is InChI=1S/C12H11N5O3S/c1-20-9-5-3-4-8(6-9)17-11-10(15-16-17)7-13-12(14-11)21(2,18)19/h3-7H,1-2H3. The molecule has 0 atom stereocenters. The maximum Gasteiger partial charge on any atom is 0.248 e. The summed E-state index contributed by atoms with van der Waals surface area (Å²) in [5, 5.41) is 7.64. The number of sulfone groups is 1. The number of ether oxygens (including phenoxy) is 1. The summed E-state index contributed by atoms with van der Waals surface area (Å²) in [4.78, 5) is 7.82. The van der Waals surface area contributed by atoms with Crippen LogP contribution in [0.1, 0.15) is 0 Å². The van der Waals surface area contributed by atoms with Gasteiger partial charge in [0.05, 0.1) is 19.0 Å². The second kappa shape index (κ2) is 4.77. The molecule has 0 amide bonds. The summed E-state index contributed by atoms with van der Waals surface area (Å²) in [5.41, 5.74) is 1.39. The lowest BCUT2D eigenvalue weighted by atomic mass is 10.3. The van der Waals surface area contributed by atoms with Crippen molar-refractivity contribution in [3.63, 3.8) is 0 Å². The van der Waals surface area contributed by atoms with E-state index in [1.165, 1.54) is 10.9 Å². The molecule has 0 radical (unpaired) electrons. The van der Waals surface area contributed by atoms with Gasteiger partial charge in [-0.2, -0.15) is 9.67 Å². The molecule has 108 valence electrons. The number of fused-ring (bicyclic) bond motifs is 1. The molecule has 0 unspecified atom stereocenters. The van der Waals surface area contributed by atoms with E-state index < -0.39 is 9.84 Å². The van der Waals surface area contributed by atoms with E-state index in [2.05, 4.69) is 20.3 Å². The number of hydrogen-bond acceptors (Lipinski definition) is 7. The van der Waals surface area contributed by atoms with Crippen molar-refractivity contribution in [1.82, 2.24) is 25.0 Å². The van der Waals surface area contributed by atoms with Crippen LogP contribution in [0.4, 0.5) is 0 Å². The Morgan fingerprint density at radius 1 is 1.29 bits per heavy atom. The highest BCUT2D eigenvalue weighted by Gasteiger charge is 2.16. The van der Waals surface area contributed by atoms with Crippen molar-refractivity contribution in [3.8, 4) is 11.4 Å². The third kappa shape index (κ3) is 2.42. The smallest absolute Gasteiger partial charge is 0.248 e. The quantitative estimate of drug-likeness (QED) is 0.654. The SMILES string of the molecule is COc1cccc(-n2nnc3cnc(S(C)(=O)=O)nc32)c1. The molecular weight excluding hydrogens is 294 g/mol. The van der Waals surface area contributed by atoms with Gasteiger partial charge >= 0.3 is 0 Å². The van der Waals surface area contributed by atoms with Crippen LogP contribution in [0.15, 0.2) is 35.6 Å². The van der Waals surface area contributed by atoms with E-state index in [0.29, 0.717) is 22.6 Å². The van der Waals surface area contributed by atoms with Gasteiger partial charge in [-0.05, 0) is 12.1 Å². The first-order valence-corrected chi connectivity index (χ1v) is 7.81. The minimum atomic E-state index is -3.50. The number of aromatic nitrogens is 5. The van der Waals surface area contributed by atoms with Crippen molar-refractivity contribution in [2.45, 2.75) is 5.16 Å². The van der Waals surface area contributed by atoms with Crippen LogP contribution in [0.25, 0.3) is 16.9 Å². The Labute approximate surface area is 120 Å². The third-order valence-corrected chi connectivity index (χ3v) is 3.66. The van der Waals surface area contributed by atoms with Gasteiger partial charge in [-0.1, -0.05) is 11.3 Å². The zero-order valence-electron chi connectivity index (χ0n) is 11.3. The number of benzene rings is 1. The fraction of sp³-hybridized carbons (Fsp3) is 0.167. The van der Waals surface area contributed by atoms with Gasteiger partial charge in [0.25, 0.3) is 0 Å². The van der Waals surface area contributed by atoms with Gasteiger partial charge in [0.2, 0.25) is 15.0 Å². The molecule has 0 spiro atoms. The third-order valence-electron chi connectivity index (χ3n) is 2.80. The Kier molecular flexibility index (Phi) is 3.05. The van der Waals surface area contributed by atoms with Gasteiger partial charge < -0.3 is 4.74 Å². The zero-order chi connectivity index (χ0) is 15.0. The average Bonchev–Trinajstić information content (AvgIpc) is 2.89. The molecule has 0 aliphatic heterocycles. The molecule has 0 aliphatic carbocycles. The Hall–Kier alpha value is -2.55. The van der Waals surface area contributed by atoms with Crippen molar-refractivity contribution in [1.29, 1.82) is 0 Å². The van der Waals surface area contributed by atoms with E-state index in [1.54, 1.807) is 31.4 Å². The highest BCUT2D eigenvalue weighted by molar-refractivity contribution is 7.90. The van der Waals surface area contributed by atoms with Crippen LogP contribution in [0.5, 0.6) is 5.75 Å². The molecule has 8 nitrogen and oxygen atoms in total. The van der Waals surface area contributed by atoms with Crippen LogP contribution in [0.2, 0.25) is 0 Å². The molecule has 2 aromatic heterocycles. The Morgan fingerprint density at radius 3 is 2.81 bits per heavy atom. The number of rotatable bonds is 3. The summed E-state index contributed by atoms with van der Waals surface area (Å²) in [6.45, 7) is 0. The first-order chi connectivity index (χ1) is 9.99. The molecule has 21 heavy (non-hydrogen) atoms. The molecule has 1 aromatic carbocycles. The Balaban J connectivity index is 2.23. The monoisotopic (exact) mass is 305 g/mol. The predicted molar refractivity (Wildman–Crippen MR) is 74.1 cm³/mol. The largest absolute Gasteiger partial charge is 0.497 e. The zero-order valence-corrected chi connectivity index (χ0v) is 12.1. The van der Waals surface area contributed by atoms with Crippen LogP contribution in [0.3, 0.4) is 0 Å². The molecule has 0 saturated carbocycles. The van der Waals surface area contributed by atoms with Gasteiger partial charge in [-0.15, -0.1) is 5.10 Å². The van der Waals surface area contributed by atoms with Crippen molar-refractivity contribution < 1.29 is 13.2 Å². The second-order valence-corrected chi connectivity index (χ2v) is 6.25. The van der Waals surface area contributed by atoms with Crippen molar-refractivity contribution in [2.24, 2.45) is 0 Å². The normalized spacial score (nSPS) is 11.7. The van der Waals surface area contributed by atoms with Crippen LogP contribution in [0, 0.1) is 0 Å². The van der Waals surface area contributed by atoms with Gasteiger partial charge in [0.15, 0.2) is 11.2 Å². The highest BCUT2D eigenvalue weighted by atomic mass is 32.2. The summed E-state index contributed by atoms with van der Waals surface area (Å²) in [6.07, 6.45) is 2.39. The molecule has 0 N–H and O–H groups in total. The molecule has 0 saturated heterocycles. The van der Waals surface area contributed by atoms with Crippen LogP contribution in [-0.4, -0.2) is 46.7 Å². The van der Waals surface area contributed by atoms with E-state index in [4.69, 9.17) is 4.74 Å². The molecule has 0 fully saturated rings. The molecular formula is C12H11N5O3S. The molecule has 3 aromatic rings. The van der Waals surface area contributed by atoms with E-state index >= 15 is 0 Å². The molecule has 0 aliphatic rings. The fourth-order valence-electron chi connectivity index (χ4n) is 1.81. The Bertz CT molecular complexity index is 920. The lowest BCUT2D eigenvalue weighted by molar-refractivity contribution is 0.414. The lowest BCUT2D eigenvalue weighted by Crippen LogP contribution is -2.05. The molecule has 3 rings (SSSR count). The highest BCUT2D eigenvalue weighted by Crippen LogP contribution is 2.19. The van der Waals surface area contributed by atoms with Gasteiger partial charge in [0.1, 0.15) is 5.75 Å². The van der Waals surface area contributed by atoms with E-state index in [-0.39, 0.29) is 5.16 Å². The van der Waals surface area contributed by atoms with Gasteiger partial charge in [-0.25, -0.2) is 13.4 Å². The first kappa shape index (κ1) is 13.4. The fourth-order valence-corrected chi connectivity index (χ4v) is 2.30. The lowest BCUT2D eigenvalue weighted by Gasteiger charge is -2.04. The van der Waals surface area contributed by atoms with Crippen molar-refractivity contribution >= 4 is 21.0 Å². The topological polar surface area (TPSA) is 99.9 Å². The summed E-state index contributed by atoms with van der Waals surface area (Å²) in [7, 11) is -1.94. The summed E-state index contributed by atoms with van der Waals surface area (Å²) in [6, 6.07) is 7.12. The van der Waals surface area contributed by atoms with Crippen LogP contribution < -0.4 is 4.74 Å². The van der Waals surface area contributed by atoms with Gasteiger partial charge in [-0.3, -0.25) is 0 Å². The van der Waals surface area contributed by atoms with E-state index in [0.717, 1.165) is 6.26 Å². The maximum absolute atomic E-state index is 11.6. The van der Waals surface area contributed by atoms with E-state index in [1.807, 2.05) is 0 Å². The maximum atomic E-state index is 11.6. The molecule has 2 heterocycles. The molecule has 9 heteroatoms. The van der Waals surface area contributed by atoms with Crippen molar-refractivity contribution in [3.05, 3.63) is 30.5 Å². The first-order valence-electron chi connectivity index (χ1n) is 5.92. The predicted octanol–water partition coefficient (Wildman–Crippen LogP) is 0.623. The van der Waals surface area contributed by atoms with Crippen molar-refractivity contribution in [2.75, 3.05) is 13.4 Å². The Morgan fingerprint density at radius 2 is 2.10 bits per heavy atom. The molecule has 0 bridgehead atoms. The summed E-state index contributed by atoms with van der Waals surface area (Å²) >= 11 is 0. The summed E-state index contributed by atoms with van der Waals surface area (Å²) in [5.74, 6) is 0.647. The summed E-state index contributed by atoms with van der Waals surface area (Å²) < 4.78 is 29.7. The van der Waals surface area contributed by atoms with Gasteiger partial charge in [0, 0.05) is 12.3 Å². The van der Waals surface area contributed by atoms with Crippen LogP contribution in [-0.2, 0) is 9.84 Å². The average molecular weight is 305 g/mol. The van der Waals surface area contributed by atoms with Crippen LogP contribution >= 0.6 is 0 Å². The minimum absolute atomic E-state index is 0.263.